The van der Waals surface area contributed by atoms with Crippen LogP contribution >= 0.6 is 27.5 Å². The van der Waals surface area contributed by atoms with Crippen molar-refractivity contribution in [2.75, 3.05) is 5.32 Å². The Morgan fingerprint density at radius 2 is 2.11 bits per heavy atom. The van der Waals surface area contributed by atoms with E-state index in [1.54, 1.807) is 18.2 Å². The molecule has 18 heavy (non-hydrogen) atoms. The van der Waals surface area contributed by atoms with E-state index in [0.717, 1.165) is 6.07 Å². The topological polar surface area (TPSA) is 42.0 Å². The lowest BCUT2D eigenvalue weighted by Crippen LogP contribution is -2.13. The van der Waals surface area contributed by atoms with Crippen LogP contribution in [0.25, 0.3) is 0 Å². The summed E-state index contributed by atoms with van der Waals surface area (Å²) in [5.74, 6) is -0.637. The molecule has 2 rings (SSSR count). The summed E-state index contributed by atoms with van der Waals surface area (Å²) in [6.07, 6.45) is 0. The summed E-state index contributed by atoms with van der Waals surface area (Å²) in [7, 11) is 0. The molecule has 1 amide bonds. The van der Waals surface area contributed by atoms with Crippen molar-refractivity contribution < 1.29 is 9.18 Å². The molecule has 1 N–H and O–H groups in total. The summed E-state index contributed by atoms with van der Waals surface area (Å²) in [6, 6.07) is 8.72. The fourth-order valence-corrected chi connectivity index (χ4v) is 1.92. The molecule has 0 spiro atoms. The van der Waals surface area contributed by atoms with Crippen LogP contribution in [0.15, 0.2) is 40.9 Å². The van der Waals surface area contributed by atoms with E-state index in [1.807, 2.05) is 0 Å². The molecular weight excluding hydrogens is 322 g/mol. The molecule has 1 aromatic carbocycles. The molecule has 0 saturated heterocycles. The highest BCUT2D eigenvalue weighted by Gasteiger charge is 2.12. The van der Waals surface area contributed by atoms with Crippen LogP contribution in [0, 0.1) is 5.82 Å². The third-order valence-corrected chi connectivity index (χ3v) is 3.03. The van der Waals surface area contributed by atoms with Gasteiger partial charge in [-0.25, -0.2) is 9.37 Å². The van der Waals surface area contributed by atoms with Crippen molar-refractivity contribution in [3.05, 3.63) is 57.4 Å². The first-order valence-electron chi connectivity index (χ1n) is 4.95. The van der Waals surface area contributed by atoms with Crippen LogP contribution < -0.4 is 5.32 Å². The van der Waals surface area contributed by atoms with Gasteiger partial charge in [0, 0.05) is 4.47 Å². The maximum absolute atomic E-state index is 13.1. The fraction of sp³-hybridized carbons (Fsp3) is 0. The van der Waals surface area contributed by atoms with Crippen LogP contribution in [0.4, 0.5) is 10.2 Å². The standard InChI is InChI=1S/C12H7BrClFN2O/c13-9-5-4-7(15)6-8(9)12(18)17-11-3-1-2-10(14)16-11/h1-6H,(H,16,17,18). The number of rotatable bonds is 2. The van der Waals surface area contributed by atoms with Crippen LogP contribution in [0.1, 0.15) is 10.4 Å². The Balaban J connectivity index is 2.24. The number of amides is 1. The number of hydrogen-bond donors (Lipinski definition) is 1. The smallest absolute Gasteiger partial charge is 0.258 e. The molecule has 0 aliphatic heterocycles. The zero-order chi connectivity index (χ0) is 13.1. The summed E-state index contributed by atoms with van der Waals surface area (Å²) in [5, 5.41) is 2.81. The van der Waals surface area contributed by atoms with Gasteiger partial charge in [0.25, 0.3) is 5.91 Å². The van der Waals surface area contributed by atoms with Crippen molar-refractivity contribution in [1.29, 1.82) is 0 Å². The summed E-state index contributed by atoms with van der Waals surface area (Å²) >= 11 is 8.88. The molecule has 0 unspecified atom stereocenters. The maximum atomic E-state index is 13.1. The van der Waals surface area contributed by atoms with Crippen LogP contribution in [0.2, 0.25) is 5.15 Å². The Morgan fingerprint density at radius 1 is 1.33 bits per heavy atom. The molecule has 0 aliphatic rings. The van der Waals surface area contributed by atoms with Gasteiger partial charge in [-0.3, -0.25) is 4.79 Å². The normalized spacial score (nSPS) is 10.2. The number of carbonyl (C=O) groups is 1. The minimum atomic E-state index is -0.484. The van der Waals surface area contributed by atoms with Crippen LogP contribution in [-0.4, -0.2) is 10.9 Å². The molecule has 1 aromatic heterocycles. The van der Waals surface area contributed by atoms with Gasteiger partial charge in [-0.2, -0.15) is 0 Å². The van der Waals surface area contributed by atoms with Crippen molar-refractivity contribution in [1.82, 2.24) is 4.98 Å². The summed E-state index contributed by atoms with van der Waals surface area (Å²) < 4.78 is 13.6. The molecule has 0 aliphatic carbocycles. The molecule has 92 valence electrons. The number of benzene rings is 1. The number of aromatic nitrogens is 1. The molecule has 0 bridgehead atoms. The zero-order valence-electron chi connectivity index (χ0n) is 8.95. The molecular formula is C12H7BrClFN2O. The Labute approximate surface area is 116 Å². The second-order valence-electron chi connectivity index (χ2n) is 3.42. The fourth-order valence-electron chi connectivity index (χ4n) is 1.33. The van der Waals surface area contributed by atoms with E-state index in [9.17, 15) is 9.18 Å². The maximum Gasteiger partial charge on any atom is 0.258 e. The highest BCUT2D eigenvalue weighted by molar-refractivity contribution is 9.10. The van der Waals surface area contributed by atoms with E-state index < -0.39 is 11.7 Å². The Morgan fingerprint density at radius 3 is 2.83 bits per heavy atom. The number of nitrogens with one attached hydrogen (secondary N) is 1. The largest absolute Gasteiger partial charge is 0.306 e. The predicted octanol–water partition coefficient (Wildman–Crippen LogP) is 3.89. The Kier molecular flexibility index (Phi) is 3.93. The lowest BCUT2D eigenvalue weighted by molar-refractivity contribution is 0.102. The molecule has 3 nitrogen and oxygen atoms in total. The summed E-state index contributed by atoms with van der Waals surface area (Å²) in [5.41, 5.74) is 0.191. The number of pyridine rings is 1. The van der Waals surface area contributed by atoms with Crippen molar-refractivity contribution in [2.45, 2.75) is 0 Å². The first-order chi connectivity index (χ1) is 8.56. The molecule has 0 radical (unpaired) electrons. The van der Waals surface area contributed by atoms with Crippen LogP contribution in [0.3, 0.4) is 0 Å². The van der Waals surface area contributed by atoms with E-state index in [0.29, 0.717) is 10.3 Å². The molecule has 1 heterocycles. The van der Waals surface area contributed by atoms with E-state index in [1.165, 1.54) is 12.1 Å². The molecule has 0 atom stereocenters. The van der Waals surface area contributed by atoms with Gasteiger partial charge >= 0.3 is 0 Å². The van der Waals surface area contributed by atoms with Crippen LogP contribution in [-0.2, 0) is 0 Å². The lowest BCUT2D eigenvalue weighted by atomic mass is 10.2. The Hall–Kier alpha value is -1.46. The number of nitrogens with zero attached hydrogens (tertiary/aromatic N) is 1. The molecule has 0 fully saturated rings. The van der Waals surface area contributed by atoms with E-state index >= 15 is 0 Å². The highest BCUT2D eigenvalue weighted by atomic mass is 79.9. The second kappa shape index (κ2) is 5.46. The second-order valence-corrected chi connectivity index (χ2v) is 4.67. The first kappa shape index (κ1) is 13.0. The minimum Gasteiger partial charge on any atom is -0.306 e. The van der Waals surface area contributed by atoms with E-state index in [2.05, 4.69) is 26.2 Å². The third kappa shape index (κ3) is 3.05. The highest BCUT2D eigenvalue weighted by Crippen LogP contribution is 2.19. The van der Waals surface area contributed by atoms with Gasteiger partial charge < -0.3 is 5.32 Å². The monoisotopic (exact) mass is 328 g/mol. The van der Waals surface area contributed by atoms with Gasteiger partial charge in [0.2, 0.25) is 0 Å². The third-order valence-electron chi connectivity index (χ3n) is 2.13. The van der Waals surface area contributed by atoms with Crippen LogP contribution in [0.5, 0.6) is 0 Å². The molecule has 0 saturated carbocycles. The van der Waals surface area contributed by atoms with Gasteiger partial charge in [0.1, 0.15) is 16.8 Å². The van der Waals surface area contributed by atoms with Crippen molar-refractivity contribution in [2.24, 2.45) is 0 Å². The zero-order valence-corrected chi connectivity index (χ0v) is 11.3. The Bertz CT molecular complexity index is 606. The van der Waals surface area contributed by atoms with Gasteiger partial charge in [-0.15, -0.1) is 0 Å². The van der Waals surface area contributed by atoms with Gasteiger partial charge in [-0.1, -0.05) is 17.7 Å². The molecule has 2 aromatic rings. The van der Waals surface area contributed by atoms with E-state index in [4.69, 9.17) is 11.6 Å². The summed E-state index contributed by atoms with van der Waals surface area (Å²) in [4.78, 5) is 15.8. The van der Waals surface area contributed by atoms with Gasteiger partial charge in [0.15, 0.2) is 0 Å². The van der Waals surface area contributed by atoms with Crippen molar-refractivity contribution in [3.8, 4) is 0 Å². The van der Waals surface area contributed by atoms with Gasteiger partial charge in [0.05, 0.1) is 5.56 Å². The van der Waals surface area contributed by atoms with E-state index in [-0.39, 0.29) is 10.7 Å². The lowest BCUT2D eigenvalue weighted by Gasteiger charge is -2.06. The number of anilines is 1. The average molecular weight is 330 g/mol. The van der Waals surface area contributed by atoms with Gasteiger partial charge in [-0.05, 0) is 46.3 Å². The number of hydrogen-bond acceptors (Lipinski definition) is 2. The summed E-state index contributed by atoms with van der Waals surface area (Å²) in [6.45, 7) is 0. The average Bonchev–Trinajstić information content (AvgIpc) is 2.32. The van der Waals surface area contributed by atoms with Crippen molar-refractivity contribution in [3.63, 3.8) is 0 Å². The number of carbonyl (C=O) groups excluding carboxylic acids is 1. The number of halogens is 3. The first-order valence-corrected chi connectivity index (χ1v) is 6.12. The molecule has 6 heteroatoms. The quantitative estimate of drug-likeness (QED) is 0.849. The van der Waals surface area contributed by atoms with Crippen molar-refractivity contribution >= 4 is 39.3 Å². The minimum absolute atomic E-state index is 0.191. The SMILES string of the molecule is O=C(Nc1cccc(Cl)n1)c1cc(F)ccc1Br. The predicted molar refractivity (Wildman–Crippen MR) is 71.3 cm³/mol.